The van der Waals surface area contributed by atoms with Crippen molar-refractivity contribution in [1.82, 2.24) is 0 Å². The highest BCUT2D eigenvalue weighted by Gasteiger charge is 2.47. The molecule has 180 valence electrons. The van der Waals surface area contributed by atoms with Crippen molar-refractivity contribution in [3.8, 4) is 5.75 Å². The van der Waals surface area contributed by atoms with E-state index >= 15 is 0 Å². The highest BCUT2D eigenvalue weighted by Crippen LogP contribution is 2.43. The van der Waals surface area contributed by atoms with Gasteiger partial charge in [0, 0.05) is 11.3 Å². The van der Waals surface area contributed by atoms with Crippen molar-refractivity contribution in [2.45, 2.75) is 53.0 Å². The summed E-state index contributed by atoms with van der Waals surface area (Å²) in [5.74, 6) is -1.55. The smallest absolute Gasteiger partial charge is 0.300 e. The van der Waals surface area contributed by atoms with Gasteiger partial charge in [-0.25, -0.2) is 0 Å². The molecule has 1 heterocycles. The minimum Gasteiger partial charge on any atom is -0.508 e. The lowest BCUT2D eigenvalue weighted by Crippen LogP contribution is -2.29. The first-order valence-corrected chi connectivity index (χ1v) is 11.7. The van der Waals surface area contributed by atoms with Crippen molar-refractivity contribution in [3.05, 3.63) is 99.6 Å². The van der Waals surface area contributed by atoms with Crippen LogP contribution >= 0.6 is 0 Å². The van der Waals surface area contributed by atoms with Crippen molar-refractivity contribution in [2.75, 3.05) is 4.90 Å². The quantitative estimate of drug-likeness (QED) is 0.270. The third-order valence-electron chi connectivity index (χ3n) is 6.50. The summed E-state index contributed by atoms with van der Waals surface area (Å²) in [5, 5.41) is 21.4. The number of anilines is 1. The Labute approximate surface area is 206 Å². The monoisotopic (exact) mass is 469 g/mol. The third kappa shape index (κ3) is 4.46. The highest BCUT2D eigenvalue weighted by molar-refractivity contribution is 6.51. The van der Waals surface area contributed by atoms with Crippen LogP contribution < -0.4 is 4.90 Å². The van der Waals surface area contributed by atoms with Gasteiger partial charge in [-0.15, -0.1) is 0 Å². The maximum Gasteiger partial charge on any atom is 0.300 e. The summed E-state index contributed by atoms with van der Waals surface area (Å²) in [5.41, 5.74) is 5.33. The number of carbonyl (C=O) groups is 2. The van der Waals surface area contributed by atoms with E-state index < -0.39 is 17.7 Å². The van der Waals surface area contributed by atoms with Gasteiger partial charge in [0.2, 0.25) is 0 Å². The number of hydrogen-bond donors (Lipinski definition) is 2. The Hall–Kier alpha value is -3.86. The maximum atomic E-state index is 13.5. The fourth-order valence-electron chi connectivity index (χ4n) is 4.65. The van der Waals surface area contributed by atoms with Crippen molar-refractivity contribution in [3.63, 3.8) is 0 Å². The average Bonchev–Trinajstić information content (AvgIpc) is 3.03. The van der Waals surface area contributed by atoms with Crippen molar-refractivity contribution in [1.29, 1.82) is 0 Å². The molecule has 0 spiro atoms. The first kappa shape index (κ1) is 24.3. The van der Waals surface area contributed by atoms with Crippen molar-refractivity contribution >= 4 is 23.1 Å². The van der Waals surface area contributed by atoms with E-state index in [1.54, 1.807) is 12.1 Å². The Morgan fingerprint density at radius 3 is 2.03 bits per heavy atom. The molecule has 1 fully saturated rings. The molecule has 1 aliphatic rings. The van der Waals surface area contributed by atoms with E-state index in [-0.39, 0.29) is 22.5 Å². The molecule has 1 unspecified atom stereocenters. The number of aromatic hydroxyl groups is 1. The van der Waals surface area contributed by atoms with Crippen molar-refractivity contribution in [2.24, 2.45) is 0 Å². The van der Waals surface area contributed by atoms with Crippen molar-refractivity contribution < 1.29 is 19.8 Å². The molecule has 1 aliphatic heterocycles. The normalized spacial score (nSPS) is 17.8. The molecule has 3 aromatic rings. The molecule has 1 amide bonds. The SMILES string of the molecule is Cc1cc(C)cc(N2C(=O)C(=O)/C(=C(/O)c3cc(C(C)(C)C)ccc3C)C2c2ccc(O)cc2)c1. The number of aryl methyl sites for hydroxylation is 3. The minimum absolute atomic E-state index is 0.0361. The number of benzene rings is 3. The fourth-order valence-corrected chi connectivity index (χ4v) is 4.65. The van der Waals surface area contributed by atoms with Gasteiger partial charge in [0.05, 0.1) is 11.6 Å². The first-order chi connectivity index (χ1) is 16.4. The summed E-state index contributed by atoms with van der Waals surface area (Å²) in [6.45, 7) is 12.0. The number of nitrogens with zero attached hydrogens (tertiary/aromatic N) is 1. The molecule has 0 aromatic heterocycles. The Balaban J connectivity index is 2.00. The second-order valence-electron chi connectivity index (χ2n) is 10.4. The Bertz CT molecular complexity index is 1340. The largest absolute Gasteiger partial charge is 0.508 e. The van der Waals surface area contributed by atoms with Gasteiger partial charge in [0.1, 0.15) is 11.5 Å². The zero-order valence-electron chi connectivity index (χ0n) is 21.0. The summed E-state index contributed by atoms with van der Waals surface area (Å²) in [6, 6.07) is 17.1. The molecule has 0 bridgehead atoms. The number of rotatable bonds is 3. The van der Waals surface area contributed by atoms with Crippen LogP contribution in [-0.2, 0) is 15.0 Å². The number of Topliss-reactive ketones (excluding diaryl/α,β-unsaturated/α-hetero) is 1. The zero-order valence-corrected chi connectivity index (χ0v) is 21.0. The van der Waals surface area contributed by atoms with Crippen LogP contribution in [0.25, 0.3) is 5.76 Å². The molecular formula is C30H31NO4. The van der Waals surface area contributed by atoms with Gasteiger partial charge in [-0.2, -0.15) is 0 Å². The van der Waals surface area contributed by atoms with Crippen LogP contribution in [0.4, 0.5) is 5.69 Å². The summed E-state index contributed by atoms with van der Waals surface area (Å²) >= 11 is 0. The molecule has 2 N–H and O–H groups in total. The van der Waals surface area contributed by atoms with Gasteiger partial charge in [-0.05, 0) is 84.3 Å². The predicted octanol–water partition coefficient (Wildman–Crippen LogP) is 6.24. The second kappa shape index (κ2) is 8.73. The average molecular weight is 470 g/mol. The topological polar surface area (TPSA) is 77.8 Å². The molecule has 5 nitrogen and oxygen atoms in total. The molecule has 1 saturated heterocycles. The van der Waals surface area contributed by atoms with Crippen LogP contribution in [0.3, 0.4) is 0 Å². The van der Waals surface area contributed by atoms with Gasteiger partial charge in [-0.1, -0.05) is 51.1 Å². The van der Waals surface area contributed by atoms with E-state index in [0.29, 0.717) is 16.8 Å². The van der Waals surface area contributed by atoms with Crippen LogP contribution in [0.5, 0.6) is 5.75 Å². The summed E-state index contributed by atoms with van der Waals surface area (Å²) in [4.78, 5) is 28.3. The molecule has 5 heteroatoms. The standard InChI is InChI=1S/C30H31NO4/c1-17-13-18(2)15-22(14-17)31-26(20-8-11-23(32)12-9-20)25(28(34)29(31)35)27(33)24-16-21(30(4,5)6)10-7-19(24)3/h7-16,26,32-33H,1-6H3/b27-25+. The van der Waals surface area contributed by atoms with E-state index in [1.807, 2.05) is 57.2 Å². The van der Waals surface area contributed by atoms with E-state index in [9.17, 15) is 19.8 Å². The number of phenols is 1. The van der Waals surface area contributed by atoms with E-state index in [0.717, 1.165) is 22.3 Å². The molecule has 0 radical (unpaired) electrons. The number of amides is 1. The van der Waals surface area contributed by atoms with Crippen LogP contribution in [-0.4, -0.2) is 21.9 Å². The van der Waals surface area contributed by atoms with Crippen LogP contribution in [0, 0.1) is 20.8 Å². The number of carbonyl (C=O) groups excluding carboxylic acids is 2. The zero-order chi connectivity index (χ0) is 25.7. The maximum absolute atomic E-state index is 13.5. The van der Waals surface area contributed by atoms with E-state index in [1.165, 1.54) is 17.0 Å². The highest BCUT2D eigenvalue weighted by atomic mass is 16.3. The molecule has 3 aromatic carbocycles. The van der Waals surface area contributed by atoms with Gasteiger partial charge in [0.15, 0.2) is 0 Å². The lowest BCUT2D eigenvalue weighted by molar-refractivity contribution is -0.132. The Kier molecular flexibility index (Phi) is 6.05. The molecule has 4 rings (SSSR count). The molecule has 35 heavy (non-hydrogen) atoms. The lowest BCUT2D eigenvalue weighted by atomic mass is 9.84. The van der Waals surface area contributed by atoms with Crippen LogP contribution in [0.1, 0.15) is 60.2 Å². The van der Waals surface area contributed by atoms with Gasteiger partial charge in [0.25, 0.3) is 11.7 Å². The summed E-state index contributed by atoms with van der Waals surface area (Å²) in [6.07, 6.45) is 0. The number of ketones is 1. The molecule has 1 atom stereocenters. The van der Waals surface area contributed by atoms with Crippen LogP contribution in [0.15, 0.2) is 66.2 Å². The molecular weight excluding hydrogens is 438 g/mol. The predicted molar refractivity (Wildman–Crippen MR) is 139 cm³/mol. The minimum atomic E-state index is -0.838. The summed E-state index contributed by atoms with van der Waals surface area (Å²) in [7, 11) is 0. The number of aliphatic hydroxyl groups excluding tert-OH is 1. The number of hydrogen-bond acceptors (Lipinski definition) is 4. The first-order valence-electron chi connectivity index (χ1n) is 11.7. The van der Waals surface area contributed by atoms with E-state index in [4.69, 9.17) is 0 Å². The fraction of sp³-hybridized carbons (Fsp3) is 0.267. The Morgan fingerprint density at radius 2 is 1.46 bits per heavy atom. The lowest BCUT2D eigenvalue weighted by Gasteiger charge is -2.26. The van der Waals surface area contributed by atoms with Gasteiger partial charge >= 0.3 is 0 Å². The number of phenolic OH excluding ortho intramolecular Hbond substituents is 1. The molecule has 0 saturated carbocycles. The van der Waals surface area contributed by atoms with Crippen LogP contribution in [0.2, 0.25) is 0 Å². The Morgan fingerprint density at radius 1 is 0.857 bits per heavy atom. The molecule has 0 aliphatic carbocycles. The summed E-state index contributed by atoms with van der Waals surface area (Å²) < 4.78 is 0. The van der Waals surface area contributed by atoms with Gasteiger partial charge in [-0.3, -0.25) is 14.5 Å². The second-order valence-corrected chi connectivity index (χ2v) is 10.4. The van der Waals surface area contributed by atoms with E-state index in [2.05, 4.69) is 20.8 Å². The number of aliphatic hydroxyl groups is 1. The third-order valence-corrected chi connectivity index (χ3v) is 6.50. The van der Waals surface area contributed by atoms with Gasteiger partial charge < -0.3 is 10.2 Å².